The van der Waals surface area contributed by atoms with E-state index < -0.39 is 0 Å². The molecule has 11 heavy (non-hydrogen) atoms. The summed E-state index contributed by atoms with van der Waals surface area (Å²) < 4.78 is 0. The van der Waals surface area contributed by atoms with E-state index in [0.717, 1.165) is 5.92 Å². The molecule has 0 aromatic heterocycles. The van der Waals surface area contributed by atoms with Gasteiger partial charge in [0.25, 0.3) is 0 Å². The van der Waals surface area contributed by atoms with Crippen molar-refractivity contribution in [3.8, 4) is 0 Å². The molecule has 1 unspecified atom stereocenters. The number of hydrogen-bond acceptors (Lipinski definition) is 0. The maximum Gasteiger partial charge on any atom is -0.0265 e. The minimum absolute atomic E-state index is 0.583. The lowest BCUT2D eigenvalue weighted by Gasteiger charge is -2.36. The lowest BCUT2D eigenvalue weighted by molar-refractivity contribution is 0.193. The maximum atomic E-state index is 2.42. The Labute approximate surface area is 70.7 Å². The van der Waals surface area contributed by atoms with Crippen LogP contribution in [0.4, 0.5) is 0 Å². The van der Waals surface area contributed by atoms with Crippen LogP contribution in [0, 0.1) is 11.3 Å². The highest BCUT2D eigenvalue weighted by molar-refractivity contribution is 5.06. The molecule has 0 bridgehead atoms. The fraction of sp³-hybridized carbons (Fsp3) is 0.818. The van der Waals surface area contributed by atoms with Gasteiger partial charge in [-0.3, -0.25) is 0 Å². The highest BCUT2D eigenvalue weighted by Gasteiger charge is 2.28. The summed E-state index contributed by atoms with van der Waals surface area (Å²) >= 11 is 0. The van der Waals surface area contributed by atoms with Crippen molar-refractivity contribution in [1.82, 2.24) is 0 Å². The van der Waals surface area contributed by atoms with Crippen LogP contribution >= 0.6 is 0 Å². The number of rotatable bonds is 1. The first-order valence-corrected chi connectivity index (χ1v) is 4.70. The molecule has 0 aromatic carbocycles. The summed E-state index contributed by atoms with van der Waals surface area (Å²) in [5.41, 5.74) is 2.17. The molecule has 1 rings (SSSR count). The van der Waals surface area contributed by atoms with Crippen molar-refractivity contribution in [2.24, 2.45) is 11.3 Å². The van der Waals surface area contributed by atoms with E-state index in [0.29, 0.717) is 5.41 Å². The Morgan fingerprint density at radius 1 is 1.45 bits per heavy atom. The highest BCUT2D eigenvalue weighted by Crippen LogP contribution is 2.40. The van der Waals surface area contributed by atoms with E-state index in [1.165, 1.54) is 19.3 Å². The zero-order chi connectivity index (χ0) is 8.48. The van der Waals surface area contributed by atoms with Crippen LogP contribution in [0.25, 0.3) is 0 Å². The molecule has 0 aromatic rings. The molecule has 0 saturated carbocycles. The van der Waals surface area contributed by atoms with Gasteiger partial charge < -0.3 is 0 Å². The van der Waals surface area contributed by atoms with Crippen molar-refractivity contribution < 1.29 is 0 Å². The zero-order valence-corrected chi connectivity index (χ0v) is 8.28. The normalized spacial score (nSPS) is 32.3. The Bertz CT molecular complexity index is 165. The quantitative estimate of drug-likeness (QED) is 0.502. The maximum absolute atomic E-state index is 2.42. The van der Waals surface area contributed by atoms with Gasteiger partial charge >= 0.3 is 0 Å². The monoisotopic (exact) mass is 152 g/mol. The van der Waals surface area contributed by atoms with Crippen LogP contribution in [-0.2, 0) is 0 Å². The second-order valence-corrected chi connectivity index (χ2v) is 4.56. The minimum Gasteiger partial charge on any atom is -0.0851 e. The molecule has 0 radical (unpaired) electrons. The second-order valence-electron chi connectivity index (χ2n) is 4.56. The smallest absolute Gasteiger partial charge is 0.0265 e. The standard InChI is InChI=1S/C11H20/c1-9(2)11(4)7-5-10(3)6-8-11/h5,9H,6-8H2,1-4H3. The average molecular weight is 152 g/mol. The number of hydrogen-bond donors (Lipinski definition) is 0. The third-order valence-corrected chi connectivity index (χ3v) is 3.40. The van der Waals surface area contributed by atoms with Gasteiger partial charge in [-0.1, -0.05) is 32.4 Å². The minimum atomic E-state index is 0.583. The third kappa shape index (κ3) is 1.85. The molecule has 0 heterocycles. The molecular formula is C11H20. The van der Waals surface area contributed by atoms with Gasteiger partial charge in [0.1, 0.15) is 0 Å². The molecule has 64 valence electrons. The van der Waals surface area contributed by atoms with Crippen LogP contribution in [0.3, 0.4) is 0 Å². The van der Waals surface area contributed by atoms with Crippen molar-refractivity contribution in [2.45, 2.75) is 47.0 Å². The summed E-state index contributed by atoms with van der Waals surface area (Å²) in [6.45, 7) is 9.35. The van der Waals surface area contributed by atoms with E-state index in [2.05, 4.69) is 33.8 Å². The lowest BCUT2D eigenvalue weighted by Crippen LogP contribution is -2.25. The Morgan fingerprint density at radius 2 is 2.09 bits per heavy atom. The Hall–Kier alpha value is -0.260. The zero-order valence-electron chi connectivity index (χ0n) is 8.28. The van der Waals surface area contributed by atoms with E-state index in [4.69, 9.17) is 0 Å². The molecule has 0 amide bonds. The van der Waals surface area contributed by atoms with Gasteiger partial charge in [0.2, 0.25) is 0 Å². The predicted octanol–water partition coefficient (Wildman–Crippen LogP) is 3.78. The second kappa shape index (κ2) is 3.00. The van der Waals surface area contributed by atoms with Crippen LogP contribution in [0.2, 0.25) is 0 Å². The molecule has 0 aliphatic heterocycles. The van der Waals surface area contributed by atoms with Crippen LogP contribution in [0.1, 0.15) is 47.0 Å². The fourth-order valence-corrected chi connectivity index (χ4v) is 1.62. The first-order chi connectivity index (χ1) is 5.04. The Morgan fingerprint density at radius 3 is 2.45 bits per heavy atom. The van der Waals surface area contributed by atoms with Crippen molar-refractivity contribution in [1.29, 1.82) is 0 Å². The first kappa shape index (κ1) is 8.83. The van der Waals surface area contributed by atoms with E-state index in [-0.39, 0.29) is 0 Å². The van der Waals surface area contributed by atoms with Crippen molar-refractivity contribution >= 4 is 0 Å². The molecule has 1 aliphatic rings. The van der Waals surface area contributed by atoms with E-state index in [1.807, 2.05) is 0 Å². The molecule has 0 nitrogen and oxygen atoms in total. The van der Waals surface area contributed by atoms with Crippen LogP contribution in [0.15, 0.2) is 11.6 Å². The topological polar surface area (TPSA) is 0 Å². The summed E-state index contributed by atoms with van der Waals surface area (Å²) in [5, 5.41) is 0. The van der Waals surface area contributed by atoms with Crippen LogP contribution in [-0.4, -0.2) is 0 Å². The lowest BCUT2D eigenvalue weighted by atomic mass is 9.69. The van der Waals surface area contributed by atoms with Gasteiger partial charge in [-0.25, -0.2) is 0 Å². The van der Waals surface area contributed by atoms with Gasteiger partial charge in [-0.05, 0) is 37.5 Å². The third-order valence-electron chi connectivity index (χ3n) is 3.40. The van der Waals surface area contributed by atoms with Gasteiger partial charge in [0, 0.05) is 0 Å². The Kier molecular flexibility index (Phi) is 2.41. The molecule has 0 N–H and O–H groups in total. The molecule has 1 atom stereocenters. The van der Waals surface area contributed by atoms with E-state index in [1.54, 1.807) is 5.57 Å². The predicted molar refractivity (Wildman–Crippen MR) is 50.6 cm³/mol. The summed E-state index contributed by atoms with van der Waals surface area (Å²) in [7, 11) is 0. The molecule has 0 spiro atoms. The summed E-state index contributed by atoms with van der Waals surface area (Å²) in [4.78, 5) is 0. The van der Waals surface area contributed by atoms with Crippen molar-refractivity contribution in [3.05, 3.63) is 11.6 Å². The highest BCUT2D eigenvalue weighted by atomic mass is 14.3. The van der Waals surface area contributed by atoms with Gasteiger partial charge in [-0.15, -0.1) is 0 Å². The molecule has 0 saturated heterocycles. The van der Waals surface area contributed by atoms with Crippen molar-refractivity contribution in [2.75, 3.05) is 0 Å². The van der Waals surface area contributed by atoms with E-state index >= 15 is 0 Å². The van der Waals surface area contributed by atoms with Gasteiger partial charge in [0.05, 0.1) is 0 Å². The summed E-state index contributed by atoms with van der Waals surface area (Å²) in [5.74, 6) is 0.826. The average Bonchev–Trinajstić information content (AvgIpc) is 1.95. The molecule has 0 heteroatoms. The summed E-state index contributed by atoms with van der Waals surface area (Å²) in [6, 6.07) is 0. The summed E-state index contributed by atoms with van der Waals surface area (Å²) in [6.07, 6.45) is 6.40. The van der Waals surface area contributed by atoms with Crippen LogP contribution < -0.4 is 0 Å². The largest absolute Gasteiger partial charge is 0.0851 e. The SMILES string of the molecule is CC1=CCC(C)(C(C)C)CC1. The first-order valence-electron chi connectivity index (χ1n) is 4.70. The molecule has 1 aliphatic carbocycles. The van der Waals surface area contributed by atoms with Crippen LogP contribution in [0.5, 0.6) is 0 Å². The molecular weight excluding hydrogens is 132 g/mol. The van der Waals surface area contributed by atoms with Gasteiger partial charge in [-0.2, -0.15) is 0 Å². The van der Waals surface area contributed by atoms with E-state index in [9.17, 15) is 0 Å². The Balaban J connectivity index is 2.64. The molecule has 0 fully saturated rings. The fourth-order valence-electron chi connectivity index (χ4n) is 1.62. The van der Waals surface area contributed by atoms with Gasteiger partial charge in [0.15, 0.2) is 0 Å². The number of allylic oxidation sites excluding steroid dienone is 2. The van der Waals surface area contributed by atoms with Crippen molar-refractivity contribution in [3.63, 3.8) is 0 Å².